The van der Waals surface area contributed by atoms with Gasteiger partial charge in [0, 0.05) is 0 Å². The first-order valence-electron chi connectivity index (χ1n) is 19.2. The van der Waals surface area contributed by atoms with Gasteiger partial charge in [-0.2, -0.15) is 0 Å². The summed E-state index contributed by atoms with van der Waals surface area (Å²) >= 11 is 6.14. The Bertz CT molecular complexity index is 583. The molecular weight excluding hydrogens is 689 g/mol. The molecule has 0 heterocycles. The van der Waals surface area contributed by atoms with Crippen molar-refractivity contribution in [3.05, 3.63) is 4.91 Å². The molecule has 6 aliphatic carbocycles. The molecule has 6 saturated carbocycles. The summed E-state index contributed by atoms with van der Waals surface area (Å²) in [6, 6.07) is 0. The molecule has 7 heteroatoms. The monoisotopic (exact) mass is 755 g/mol. The zero-order chi connectivity index (χ0) is 31.4. The summed E-state index contributed by atoms with van der Waals surface area (Å²) in [4.78, 5) is 16.6. The molecule has 0 aromatic heterocycles. The van der Waals surface area contributed by atoms with Gasteiger partial charge < -0.3 is 0 Å². The molecule has 0 bridgehead atoms. The van der Waals surface area contributed by atoms with Crippen molar-refractivity contribution in [2.75, 3.05) is 0 Å². The van der Waals surface area contributed by atoms with Crippen LogP contribution in [0.1, 0.15) is 193 Å². The average molecular weight is 755 g/mol. The molecule has 0 unspecified atom stereocenters. The first kappa shape index (κ1) is 39.5. The van der Waals surface area contributed by atoms with Crippen LogP contribution in [0.15, 0.2) is 0 Å². The molecule has 2 radical (unpaired) electrons. The molecule has 0 spiro atoms. The Kier molecular flexibility index (Phi) is 21.7. The number of nitroso groups, excluding NO2 is 1. The van der Waals surface area contributed by atoms with Crippen LogP contribution in [0.5, 0.6) is 0 Å². The third-order valence-corrected chi connectivity index (χ3v) is 20.1. The minimum absolute atomic E-state index is 0.152. The second-order valence-electron chi connectivity index (χ2n) is 14.8. The van der Waals surface area contributed by atoms with E-state index in [9.17, 15) is 0 Å². The Morgan fingerprint density at radius 1 is 0.386 bits per heavy atom. The first-order valence-corrected chi connectivity index (χ1v) is 23.4. The second kappa shape index (κ2) is 24.2. The number of hydrogen-bond donors (Lipinski definition) is 0. The third kappa shape index (κ3) is 14.3. The van der Waals surface area contributed by atoms with E-state index >= 15 is 0 Å². The van der Waals surface area contributed by atoms with Crippen LogP contribution in [0.25, 0.3) is 0 Å². The van der Waals surface area contributed by atoms with E-state index in [2.05, 4.69) is 18.6 Å². The summed E-state index contributed by atoms with van der Waals surface area (Å²) in [6.07, 6.45) is 47.2. The summed E-state index contributed by atoms with van der Waals surface area (Å²) in [7, 11) is 0.770. The molecule has 6 rings (SSSR count). The topological polar surface area (TPSA) is 37.1 Å². The van der Waals surface area contributed by atoms with Gasteiger partial charge in [-0.25, -0.2) is 0 Å². The summed E-state index contributed by atoms with van der Waals surface area (Å²) in [5.74, 6) is 0. The molecule has 44 heavy (non-hydrogen) atoms. The number of carbonyl (C=O) groups excluding carboxylic acids is 1. The van der Waals surface area contributed by atoms with E-state index in [1.807, 2.05) is 0 Å². The van der Waals surface area contributed by atoms with Crippen molar-refractivity contribution >= 4 is 34.4 Å². The van der Waals surface area contributed by atoms with Crippen molar-refractivity contribution in [2.45, 2.75) is 227 Å². The molecule has 0 N–H and O–H groups in total. The Labute approximate surface area is 290 Å². The average Bonchev–Trinajstić information content (AvgIpc) is 3.09. The molecule has 0 aliphatic heterocycles. The molecule has 3 nitrogen and oxygen atoms in total. The summed E-state index contributed by atoms with van der Waals surface area (Å²) in [5.41, 5.74) is 7.14. The maximum atomic E-state index is 9.10. The van der Waals surface area contributed by atoms with Crippen LogP contribution in [0.2, 0.25) is 0 Å². The fourth-order valence-electron chi connectivity index (χ4n) is 10.1. The third-order valence-electron chi connectivity index (χ3n) is 12.0. The Balaban J connectivity index is 0.000000205. The molecule has 0 amide bonds. The molecule has 0 aromatic carbocycles. The number of halogens is 1. The van der Waals surface area contributed by atoms with Gasteiger partial charge in [0.25, 0.3) is 6.79 Å². The maximum Gasteiger partial charge on any atom is 0.281 e. The van der Waals surface area contributed by atoms with Gasteiger partial charge in [-0.05, 0) is 111 Å². The number of nitrogens with zero attached hydrogens (tertiary/aromatic N) is 1. The van der Waals surface area contributed by atoms with Gasteiger partial charge in [-0.15, -0.1) is 0 Å². The van der Waals surface area contributed by atoms with Crippen LogP contribution in [-0.4, -0.2) is 43.8 Å². The first-order chi connectivity index (χ1) is 21.6. The Morgan fingerprint density at radius 3 is 0.614 bits per heavy atom. The van der Waals surface area contributed by atoms with Crippen molar-refractivity contribution in [1.29, 1.82) is 0 Å². The normalized spacial score (nSPS) is 25.6. The second-order valence-corrected chi connectivity index (χ2v) is 22.5. The van der Waals surface area contributed by atoms with E-state index in [0.29, 0.717) is 15.8 Å². The predicted octanol–water partition coefficient (Wildman–Crippen LogP) is 12.9. The van der Waals surface area contributed by atoms with E-state index < -0.39 is 0 Å². The van der Waals surface area contributed by atoms with Crippen LogP contribution in [0.4, 0.5) is 0 Å². The van der Waals surface area contributed by atoms with Crippen molar-refractivity contribution in [3.63, 3.8) is 0 Å². The standard InChI is InChI=1S/2C18H33P.CO.ClNO.Ru/c2*1-4-10-16(11-5-1)19(17-12-6-2-7-13-17)18-14-8-3-9-15-18;1-2;1-2-3;/h2*16-18H,1-15H2;;;/q;;;;+1. The van der Waals surface area contributed by atoms with Gasteiger partial charge in [-0.3, -0.25) is 4.79 Å². The fraction of sp³-hybridized carbons (Fsp3) is 0.973. The van der Waals surface area contributed by atoms with Crippen LogP contribution >= 0.6 is 27.6 Å². The molecular formula is C37H66ClNO2P2Ru+. The Morgan fingerprint density at radius 2 is 0.500 bits per heavy atom. The van der Waals surface area contributed by atoms with Crippen molar-refractivity contribution in [3.8, 4) is 0 Å². The van der Waals surface area contributed by atoms with Crippen molar-refractivity contribution in [1.82, 2.24) is 0 Å². The zero-order valence-electron chi connectivity index (χ0n) is 28.1. The minimum Gasteiger partial charge on any atom is -0.281 e. The summed E-state index contributed by atoms with van der Waals surface area (Å²) in [6.45, 7) is 4.50. The van der Waals surface area contributed by atoms with Crippen LogP contribution in [0.3, 0.4) is 0 Å². The quantitative estimate of drug-likeness (QED) is 0.154. The van der Waals surface area contributed by atoms with E-state index in [1.54, 1.807) is 173 Å². The van der Waals surface area contributed by atoms with Crippen molar-refractivity contribution in [2.24, 2.45) is 0 Å². The minimum atomic E-state index is 0.152. The Hall–Kier alpha value is 1.04. The van der Waals surface area contributed by atoms with Crippen LogP contribution in [-0.2, 0) is 23.3 Å². The fourth-order valence-corrected chi connectivity index (χ4v) is 19.4. The smallest absolute Gasteiger partial charge is 0.281 e. The van der Waals surface area contributed by atoms with Gasteiger partial charge in [0.2, 0.25) is 0 Å². The largest absolute Gasteiger partial charge is 0.281 e. The molecule has 255 valence electrons. The molecule has 0 aromatic rings. The van der Waals surface area contributed by atoms with E-state index in [-0.39, 0.29) is 3.02 Å². The van der Waals surface area contributed by atoms with E-state index in [1.165, 1.54) is 72.5 Å². The molecule has 0 atom stereocenters. The summed E-state index contributed by atoms with van der Waals surface area (Å²) in [5, 5.41) is 0. The predicted molar refractivity (Wildman–Crippen MR) is 190 cm³/mol. The number of hydrogen-bond acceptors (Lipinski definition) is 2. The van der Waals surface area contributed by atoms with Gasteiger partial charge >= 0.3 is 38.2 Å². The van der Waals surface area contributed by atoms with Crippen LogP contribution < -0.4 is 0 Å². The van der Waals surface area contributed by atoms with E-state index in [4.69, 9.17) is 9.70 Å². The van der Waals surface area contributed by atoms with Gasteiger partial charge in [0.15, 0.2) is 0 Å². The van der Waals surface area contributed by atoms with E-state index in [0.717, 1.165) is 0 Å². The van der Waals surface area contributed by atoms with Crippen molar-refractivity contribution < 1.29 is 26.4 Å². The van der Waals surface area contributed by atoms with Crippen LogP contribution in [0, 0.1) is 4.91 Å². The summed E-state index contributed by atoms with van der Waals surface area (Å²) < 4.78 is 0.152. The number of rotatable bonds is 6. The molecule has 0 saturated heterocycles. The molecule has 6 fully saturated rings. The van der Waals surface area contributed by atoms with Gasteiger partial charge in [0.1, 0.15) is 0 Å². The maximum absolute atomic E-state index is 9.10. The zero-order valence-corrected chi connectivity index (χ0v) is 32.3. The van der Waals surface area contributed by atoms with Gasteiger partial charge in [0.05, 0.1) is 0 Å². The molecule has 6 aliphatic rings. The van der Waals surface area contributed by atoms with Gasteiger partial charge in [-0.1, -0.05) is 131 Å². The SMILES string of the molecule is C1CCC(P(C2CCCCC2)C2CCCCC2)CC1.C1CCC(P(C2CCCCC2)C2CCCCC2)CC1.O=[N+](Cl)[Ru].[C]=O.